The van der Waals surface area contributed by atoms with Crippen molar-refractivity contribution in [1.29, 1.82) is 0 Å². The maximum absolute atomic E-state index is 12.7. The number of anilines is 1. The maximum atomic E-state index is 12.7. The van der Waals surface area contributed by atoms with Gasteiger partial charge in [0.2, 0.25) is 5.52 Å². The first-order valence-electron chi connectivity index (χ1n) is 16.8. The lowest BCUT2D eigenvalue weighted by molar-refractivity contribution is -0.511. The van der Waals surface area contributed by atoms with Crippen molar-refractivity contribution in [3.8, 4) is 5.75 Å². The van der Waals surface area contributed by atoms with E-state index in [1.165, 1.54) is 17.3 Å². The fraction of sp³-hybridized carbons (Fsp3) is 0.333. The van der Waals surface area contributed by atoms with Gasteiger partial charge >= 0.3 is 5.97 Å². The van der Waals surface area contributed by atoms with Crippen LogP contribution < -0.4 is 14.0 Å². The molecule has 47 heavy (non-hydrogen) atoms. The van der Waals surface area contributed by atoms with Crippen LogP contribution in [0.1, 0.15) is 36.5 Å². The van der Waals surface area contributed by atoms with Crippen molar-refractivity contribution < 1.29 is 24.1 Å². The lowest BCUT2D eigenvalue weighted by Gasteiger charge is -2.59. The number of pyridine rings is 2. The smallest absolute Gasteiger partial charge is 0.328 e. The second-order valence-corrected chi connectivity index (χ2v) is 14.1. The molecule has 0 radical (unpaired) electrons. The number of hydrogen-bond donors (Lipinski definition) is 3. The van der Waals surface area contributed by atoms with E-state index in [4.69, 9.17) is 4.74 Å². The van der Waals surface area contributed by atoms with Crippen LogP contribution in [0.25, 0.3) is 32.9 Å². The normalized spacial score (nSPS) is 29.9. The first kappa shape index (κ1) is 27.5. The SMILES string of the molecule is CCc1c[n+]2ccc3c([nH]c4cccc(OC)c43)c2cc1C1=CN2c3ccccc3[C@]34CCN5C/C(=C/C(=O)O)[C@H](C[C@H]53)[C@@H]([C@@H]1O)[C@H]24. The maximum Gasteiger partial charge on any atom is 0.328 e. The number of aliphatic hydroxyl groups is 1. The monoisotopic (exact) mass is 625 g/mol. The summed E-state index contributed by atoms with van der Waals surface area (Å²) < 4.78 is 7.93. The van der Waals surface area contributed by atoms with Crippen LogP contribution >= 0.6 is 0 Å². The van der Waals surface area contributed by atoms with Crippen molar-refractivity contribution in [1.82, 2.24) is 9.88 Å². The number of aryl methyl sites for hydroxylation is 1. The van der Waals surface area contributed by atoms with E-state index < -0.39 is 12.1 Å². The molecule has 3 fully saturated rings. The molecule has 3 aromatic heterocycles. The molecule has 6 atom stereocenters. The summed E-state index contributed by atoms with van der Waals surface area (Å²) in [6, 6.07) is 19.7. The number of piperidine rings is 1. The van der Waals surface area contributed by atoms with Gasteiger partial charge in [0.15, 0.2) is 12.4 Å². The third-order valence-corrected chi connectivity index (χ3v) is 12.4. The highest BCUT2D eigenvalue weighted by Crippen LogP contribution is 2.65. The van der Waals surface area contributed by atoms with Crippen LogP contribution in [0.5, 0.6) is 5.75 Å². The highest BCUT2D eigenvalue weighted by molar-refractivity contribution is 6.13. The average molecular weight is 626 g/mol. The molecule has 3 N–H and O–H groups in total. The molecule has 0 amide bonds. The van der Waals surface area contributed by atoms with Gasteiger partial charge < -0.3 is 24.8 Å². The van der Waals surface area contributed by atoms with Gasteiger partial charge in [-0.15, -0.1) is 0 Å². The van der Waals surface area contributed by atoms with E-state index in [0.717, 1.165) is 81.2 Å². The molecular weight excluding hydrogens is 588 g/mol. The van der Waals surface area contributed by atoms with E-state index >= 15 is 0 Å². The summed E-state index contributed by atoms with van der Waals surface area (Å²) >= 11 is 0. The molecule has 10 rings (SSSR count). The highest BCUT2D eigenvalue weighted by Gasteiger charge is 2.69. The van der Waals surface area contributed by atoms with Crippen molar-refractivity contribution in [3.63, 3.8) is 0 Å². The first-order valence-corrected chi connectivity index (χ1v) is 16.8. The third kappa shape index (κ3) is 3.39. The van der Waals surface area contributed by atoms with Crippen molar-refractivity contribution >= 4 is 44.6 Å². The number of fused-ring (bicyclic) bond motifs is 9. The Balaban J connectivity index is 1.22. The first-order chi connectivity index (χ1) is 22.9. The number of aromatic nitrogens is 2. The van der Waals surface area contributed by atoms with Gasteiger partial charge in [-0.25, -0.2) is 4.79 Å². The standard InChI is InChI=1S/C39H36N4O4/c1-3-21-18-41-13-11-23-34-28(8-6-10-31(34)47-2)40-36(23)30(41)16-24(21)26-20-43-29-9-5-4-7-27(29)39-12-14-42-19-22(15-33(44)45)25(17-32(39)42)35(37(26)46)38(39)43/h4-11,13,15-16,18,20,25,32,35,37-38,46H,3,12,14,17,19H2,1-2H3,(H,44,45)/p+1/b22-15-/t25-,32-,35-,37+,38-,39+/m0/s1. The molecule has 236 valence electrons. The van der Waals surface area contributed by atoms with Crippen LogP contribution in [0.4, 0.5) is 5.69 Å². The number of para-hydroxylation sites is 1. The second kappa shape index (κ2) is 9.46. The molecule has 5 aromatic rings. The zero-order chi connectivity index (χ0) is 31.8. The minimum absolute atomic E-state index is 0.00752. The van der Waals surface area contributed by atoms with Gasteiger partial charge in [-0.3, -0.25) is 4.90 Å². The number of nitrogens with one attached hydrogen (secondary N) is 1. The van der Waals surface area contributed by atoms with Gasteiger partial charge in [-0.05, 0) is 66.6 Å². The predicted molar refractivity (Wildman–Crippen MR) is 181 cm³/mol. The molecule has 2 aromatic carbocycles. The molecule has 1 aliphatic carbocycles. The number of carbonyl (C=O) groups is 1. The zero-order valence-electron chi connectivity index (χ0n) is 26.5. The number of H-pyrrole nitrogens is 1. The molecule has 1 saturated carbocycles. The summed E-state index contributed by atoms with van der Waals surface area (Å²) in [7, 11) is 1.71. The van der Waals surface area contributed by atoms with Crippen LogP contribution in [0.15, 0.2) is 84.8 Å². The Bertz CT molecular complexity index is 2250. The van der Waals surface area contributed by atoms with E-state index in [1.54, 1.807) is 7.11 Å². The van der Waals surface area contributed by atoms with Crippen molar-refractivity contribution in [2.45, 2.75) is 49.8 Å². The summed E-state index contributed by atoms with van der Waals surface area (Å²) in [5.74, 6) is -0.209. The number of carboxylic acids is 1. The minimum Gasteiger partial charge on any atom is -0.496 e. The quantitative estimate of drug-likeness (QED) is 0.188. The van der Waals surface area contributed by atoms with Gasteiger partial charge in [-0.2, -0.15) is 4.40 Å². The van der Waals surface area contributed by atoms with Crippen LogP contribution in [0, 0.1) is 11.8 Å². The van der Waals surface area contributed by atoms with Gasteiger partial charge in [0.05, 0.1) is 24.8 Å². The molecule has 2 bridgehead atoms. The average Bonchev–Trinajstić information content (AvgIpc) is 3.76. The topological polar surface area (TPSA) is 93.1 Å². The summed E-state index contributed by atoms with van der Waals surface area (Å²) in [4.78, 5) is 20.8. The number of hydrogen-bond acceptors (Lipinski definition) is 5. The van der Waals surface area contributed by atoms with E-state index in [2.05, 4.69) is 87.2 Å². The Morgan fingerprint density at radius 2 is 2.06 bits per heavy atom. The fourth-order valence-corrected chi connectivity index (χ4v) is 10.7. The number of rotatable bonds is 4. The Labute approximate surface area is 272 Å². The molecule has 8 heteroatoms. The lowest BCUT2D eigenvalue weighted by Crippen LogP contribution is -2.67. The molecular formula is C39H37N4O4+. The molecule has 4 aliphatic heterocycles. The molecule has 1 spiro atoms. The number of methoxy groups -OCH3 is 1. The predicted octanol–water partition coefficient (Wildman–Crippen LogP) is 5.21. The zero-order valence-corrected chi connectivity index (χ0v) is 26.5. The Morgan fingerprint density at radius 1 is 1.19 bits per heavy atom. The van der Waals surface area contributed by atoms with Gasteiger partial charge in [-0.1, -0.05) is 31.2 Å². The second-order valence-electron chi connectivity index (χ2n) is 14.1. The Morgan fingerprint density at radius 3 is 2.89 bits per heavy atom. The summed E-state index contributed by atoms with van der Waals surface area (Å²) in [6.45, 7) is 3.78. The van der Waals surface area contributed by atoms with Crippen LogP contribution in [0.2, 0.25) is 0 Å². The van der Waals surface area contributed by atoms with E-state index in [1.807, 2.05) is 12.1 Å². The Hall–Kier alpha value is -4.66. The number of ether oxygens (including phenoxy) is 1. The highest BCUT2D eigenvalue weighted by atomic mass is 16.5. The van der Waals surface area contributed by atoms with Crippen molar-refractivity contribution in [2.75, 3.05) is 25.1 Å². The number of aliphatic hydroxyl groups excluding tert-OH is 1. The molecule has 0 unspecified atom stereocenters. The molecule has 5 aliphatic rings. The number of carboxylic acid groups (broad SMARTS) is 1. The Kier molecular flexibility index (Phi) is 5.52. The van der Waals surface area contributed by atoms with Gasteiger partial charge in [0.25, 0.3) is 0 Å². The number of nitrogens with zero attached hydrogens (tertiary/aromatic N) is 3. The molecule has 8 nitrogen and oxygen atoms in total. The molecule has 7 heterocycles. The van der Waals surface area contributed by atoms with E-state index in [-0.39, 0.29) is 23.3 Å². The van der Waals surface area contributed by atoms with Gasteiger partial charge in [0.1, 0.15) is 11.3 Å². The summed E-state index contributed by atoms with van der Waals surface area (Å²) in [5.41, 5.74) is 9.66. The van der Waals surface area contributed by atoms with Crippen LogP contribution in [-0.4, -0.2) is 64.5 Å². The fourth-order valence-electron chi connectivity index (χ4n) is 10.7. The molecule has 2 saturated heterocycles. The van der Waals surface area contributed by atoms with Crippen LogP contribution in [-0.2, 0) is 16.6 Å². The van der Waals surface area contributed by atoms with Gasteiger partial charge in [0, 0.05) is 75.9 Å². The van der Waals surface area contributed by atoms with E-state index in [9.17, 15) is 15.0 Å². The summed E-state index contributed by atoms with van der Waals surface area (Å²) in [5, 5.41) is 24.8. The van der Waals surface area contributed by atoms with E-state index in [0.29, 0.717) is 12.6 Å². The minimum atomic E-state index is -0.902. The number of benzene rings is 2. The lowest BCUT2D eigenvalue weighted by atomic mass is 9.53. The number of aliphatic carboxylic acids is 1. The van der Waals surface area contributed by atoms with Crippen molar-refractivity contribution in [2.24, 2.45) is 11.8 Å². The van der Waals surface area contributed by atoms with Crippen molar-refractivity contribution in [3.05, 3.63) is 102 Å². The third-order valence-electron chi connectivity index (χ3n) is 12.4. The van der Waals surface area contributed by atoms with Crippen LogP contribution in [0.3, 0.4) is 0 Å². The summed E-state index contributed by atoms with van der Waals surface area (Å²) in [6.07, 6.45) is 9.95. The number of aromatic amines is 1. The largest absolute Gasteiger partial charge is 0.496 e.